The summed E-state index contributed by atoms with van der Waals surface area (Å²) in [5.74, 6) is -0.0881. The number of morpholine rings is 1. The Morgan fingerprint density at radius 3 is 2.60 bits per heavy atom. The number of carbonyl (C=O) groups is 1. The number of ether oxygens (including phenoxy) is 1. The lowest BCUT2D eigenvalue weighted by Crippen LogP contribution is -2.61. The minimum absolute atomic E-state index is 0.0881. The molecule has 3 heterocycles. The minimum atomic E-state index is -3.68. The van der Waals surface area contributed by atoms with Gasteiger partial charge in [-0.15, -0.1) is 15.6 Å². The Bertz CT molecular complexity index is 1020. The normalized spacial score (nSPS) is 21.4. The molecule has 1 aromatic heterocycles. The molecule has 0 radical (unpaired) electrons. The Hall–Kier alpha value is -2.16. The van der Waals surface area contributed by atoms with Crippen LogP contribution in [0.3, 0.4) is 0 Å². The Kier molecular flexibility index (Phi) is 5.74. The molecule has 2 saturated heterocycles. The van der Waals surface area contributed by atoms with Crippen molar-refractivity contribution in [3.05, 3.63) is 45.9 Å². The number of nitrogens with zero attached hydrogens (tertiary/aromatic N) is 4. The topological polar surface area (TPSA) is 110 Å². The quantitative estimate of drug-likeness (QED) is 0.666. The first-order valence-corrected chi connectivity index (χ1v) is 12.0. The van der Waals surface area contributed by atoms with E-state index in [0.717, 1.165) is 10.7 Å². The van der Waals surface area contributed by atoms with Crippen molar-refractivity contribution >= 4 is 27.6 Å². The zero-order chi connectivity index (χ0) is 21.4. The maximum atomic E-state index is 13.2. The summed E-state index contributed by atoms with van der Waals surface area (Å²) >= 11 is 1.55. The fraction of sp³-hybridized carbons (Fsp3) is 0.450. The monoisotopic (exact) mass is 446 g/mol. The molecular formula is C20H22N4O4S2. The summed E-state index contributed by atoms with van der Waals surface area (Å²) in [7, 11) is -3.68. The third kappa shape index (κ3) is 3.91. The lowest BCUT2D eigenvalue weighted by Gasteiger charge is -2.45. The number of carbonyl (C=O) groups excluding carboxylic acids is 1. The molecule has 30 heavy (non-hydrogen) atoms. The van der Waals surface area contributed by atoms with Gasteiger partial charge < -0.3 is 14.2 Å². The van der Waals surface area contributed by atoms with Crippen molar-refractivity contribution in [2.24, 2.45) is 0 Å². The van der Waals surface area contributed by atoms with Crippen molar-refractivity contribution in [3.63, 3.8) is 0 Å². The molecule has 2 aliphatic rings. The Morgan fingerprint density at radius 1 is 1.30 bits per heavy atom. The van der Waals surface area contributed by atoms with E-state index in [2.05, 4.69) is 4.98 Å². The standard InChI is InChI=1S/C20H22N4O4S2/c1-15-22-17(14-29-15)13-23-10-11-28-20(19(23)25)6-8-24(9-7-20)30(26,27)18-4-2-16(12-21)3-5-18/h2-5,14H,6-11,13H2,1H3. The van der Waals surface area contributed by atoms with Gasteiger partial charge in [0, 0.05) is 37.9 Å². The van der Waals surface area contributed by atoms with Crippen molar-refractivity contribution in [1.82, 2.24) is 14.2 Å². The van der Waals surface area contributed by atoms with Crippen molar-refractivity contribution < 1.29 is 18.3 Å². The number of thiazole rings is 1. The molecule has 158 valence electrons. The summed E-state index contributed by atoms with van der Waals surface area (Å²) in [6, 6.07) is 7.85. The molecule has 2 aromatic rings. The molecule has 1 atom stereocenters. The molecule has 1 amide bonds. The molecule has 2 fully saturated rings. The summed E-state index contributed by atoms with van der Waals surface area (Å²) in [4.78, 5) is 19.5. The zero-order valence-electron chi connectivity index (χ0n) is 16.6. The first-order chi connectivity index (χ1) is 14.3. The number of sulfonamides is 1. The van der Waals surface area contributed by atoms with Crippen LogP contribution in [-0.2, 0) is 30.7 Å². The number of piperidine rings is 1. The van der Waals surface area contributed by atoms with Crippen molar-refractivity contribution in [3.8, 4) is 6.07 Å². The van der Waals surface area contributed by atoms with E-state index in [9.17, 15) is 13.6 Å². The summed E-state index contributed by atoms with van der Waals surface area (Å²) in [6.07, 6.45) is 0.627. The maximum Gasteiger partial charge on any atom is 0.255 e. The minimum Gasteiger partial charge on any atom is -0.593 e. The smallest absolute Gasteiger partial charge is 0.255 e. The highest BCUT2D eigenvalue weighted by molar-refractivity contribution is 7.95. The highest BCUT2D eigenvalue weighted by Gasteiger charge is 2.50. The number of amides is 1. The predicted octanol–water partition coefficient (Wildman–Crippen LogP) is 2.12. The fourth-order valence-corrected chi connectivity index (χ4v) is 5.97. The van der Waals surface area contributed by atoms with Crippen LogP contribution in [-0.4, -0.2) is 56.5 Å². The van der Waals surface area contributed by atoms with Crippen LogP contribution in [0.4, 0.5) is 0 Å². The van der Waals surface area contributed by atoms with Gasteiger partial charge in [-0.05, 0) is 31.2 Å². The molecule has 1 spiro atoms. The van der Waals surface area contributed by atoms with E-state index in [1.165, 1.54) is 28.6 Å². The van der Waals surface area contributed by atoms with Crippen LogP contribution >= 0.6 is 11.3 Å². The van der Waals surface area contributed by atoms with Crippen molar-refractivity contribution in [2.45, 2.75) is 36.8 Å². The average molecular weight is 447 g/mol. The second-order valence-electron chi connectivity index (χ2n) is 7.47. The van der Waals surface area contributed by atoms with E-state index in [4.69, 9.17) is 10.00 Å². The van der Waals surface area contributed by atoms with E-state index in [1.807, 2.05) is 18.4 Å². The number of benzene rings is 1. The number of hydrogen-bond acceptors (Lipinski definition) is 7. The van der Waals surface area contributed by atoms with Crippen LogP contribution in [0.1, 0.15) is 29.1 Å². The van der Waals surface area contributed by atoms with Gasteiger partial charge in [0.05, 0.1) is 35.5 Å². The van der Waals surface area contributed by atoms with Gasteiger partial charge in [-0.3, -0.25) is 4.79 Å². The molecule has 8 nitrogen and oxygen atoms in total. The van der Waals surface area contributed by atoms with Gasteiger partial charge in [0.1, 0.15) is 5.60 Å². The van der Waals surface area contributed by atoms with Gasteiger partial charge in [0.15, 0.2) is 15.3 Å². The number of nitriles is 1. The molecule has 1 aromatic carbocycles. The number of hydrogen-bond donors (Lipinski definition) is 0. The molecule has 0 saturated carbocycles. The summed E-state index contributed by atoms with van der Waals surface area (Å²) in [6.45, 7) is 3.72. The molecule has 10 heteroatoms. The predicted molar refractivity (Wildman–Crippen MR) is 110 cm³/mol. The van der Waals surface area contributed by atoms with Crippen LogP contribution in [0.5, 0.6) is 0 Å². The SMILES string of the molecule is Cc1nc(CN2CCOC3(CCN([S+](=O)([O-])c4ccc(C#N)cc4)CC3)C2=O)cs1. The third-order valence-corrected chi connectivity index (χ3v) is 8.32. The molecule has 0 N–H and O–H groups in total. The largest absolute Gasteiger partial charge is 0.593 e. The zero-order valence-corrected chi connectivity index (χ0v) is 18.2. The van der Waals surface area contributed by atoms with E-state index in [1.54, 1.807) is 16.2 Å². The highest BCUT2D eigenvalue weighted by Crippen LogP contribution is 2.35. The van der Waals surface area contributed by atoms with Gasteiger partial charge in [0.2, 0.25) is 0 Å². The van der Waals surface area contributed by atoms with Gasteiger partial charge in [-0.1, -0.05) is 4.21 Å². The van der Waals surface area contributed by atoms with Crippen LogP contribution in [0.25, 0.3) is 0 Å². The Balaban J connectivity index is 1.45. The Morgan fingerprint density at radius 2 is 2.00 bits per heavy atom. The van der Waals surface area contributed by atoms with Crippen LogP contribution in [0.15, 0.2) is 34.5 Å². The van der Waals surface area contributed by atoms with Crippen molar-refractivity contribution in [2.75, 3.05) is 26.2 Å². The highest BCUT2D eigenvalue weighted by atomic mass is 32.3. The van der Waals surface area contributed by atoms with Gasteiger partial charge >= 0.3 is 0 Å². The van der Waals surface area contributed by atoms with E-state index in [-0.39, 0.29) is 23.9 Å². The lowest BCUT2D eigenvalue weighted by molar-refractivity contribution is -0.179. The molecule has 0 bridgehead atoms. The lowest BCUT2D eigenvalue weighted by atomic mass is 9.89. The van der Waals surface area contributed by atoms with Crippen LogP contribution in [0.2, 0.25) is 0 Å². The number of rotatable bonds is 4. The maximum absolute atomic E-state index is 13.2. The average Bonchev–Trinajstić information content (AvgIpc) is 3.16. The second-order valence-corrected chi connectivity index (χ2v) is 10.5. The first kappa shape index (κ1) is 21.1. The summed E-state index contributed by atoms with van der Waals surface area (Å²) in [5, 5.41) is 11.8. The molecular weight excluding hydrogens is 424 g/mol. The number of aryl methyl sites for hydroxylation is 1. The molecule has 2 aliphatic heterocycles. The van der Waals surface area contributed by atoms with Gasteiger partial charge in [-0.25, -0.2) is 4.98 Å². The summed E-state index contributed by atoms with van der Waals surface area (Å²) in [5.41, 5.74) is 0.298. The van der Waals surface area contributed by atoms with E-state index < -0.39 is 16.0 Å². The Labute approximate surface area is 180 Å². The van der Waals surface area contributed by atoms with Crippen LogP contribution in [0, 0.1) is 18.3 Å². The van der Waals surface area contributed by atoms with Crippen LogP contribution < -0.4 is 0 Å². The molecule has 0 aliphatic carbocycles. The van der Waals surface area contributed by atoms with Crippen molar-refractivity contribution in [1.29, 1.82) is 5.26 Å². The fourth-order valence-electron chi connectivity index (χ4n) is 3.93. The van der Waals surface area contributed by atoms with E-state index >= 15 is 0 Å². The van der Waals surface area contributed by atoms with Gasteiger partial charge in [-0.2, -0.15) is 5.26 Å². The second kappa shape index (κ2) is 8.17. The first-order valence-electron chi connectivity index (χ1n) is 9.69. The number of aromatic nitrogens is 1. The third-order valence-electron chi connectivity index (χ3n) is 5.59. The van der Waals surface area contributed by atoms with Gasteiger partial charge in [0.25, 0.3) is 5.91 Å². The van der Waals surface area contributed by atoms with E-state index in [0.29, 0.717) is 38.1 Å². The summed E-state index contributed by atoms with van der Waals surface area (Å²) < 4.78 is 33.2. The molecule has 1 unspecified atom stereocenters. The molecule has 4 rings (SSSR count).